The van der Waals surface area contributed by atoms with Crippen molar-refractivity contribution in [2.45, 2.75) is 51.4 Å². The molecule has 3 aromatic carbocycles. The molecule has 0 spiro atoms. The Balaban J connectivity index is 1.32. The van der Waals surface area contributed by atoms with Crippen LogP contribution in [0.3, 0.4) is 0 Å². The van der Waals surface area contributed by atoms with Crippen LogP contribution in [-0.4, -0.2) is 12.1 Å². The summed E-state index contributed by atoms with van der Waals surface area (Å²) in [7, 11) is 0. The minimum atomic E-state index is -0.670. The third kappa shape index (κ3) is 5.13. The molecule has 1 aliphatic rings. The Morgan fingerprint density at radius 3 is 2.53 bits per heavy atom. The molecular formula is C30H30O2. The Kier molecular flexibility index (Phi) is 7.11. The van der Waals surface area contributed by atoms with Crippen molar-refractivity contribution in [1.82, 2.24) is 0 Å². The Morgan fingerprint density at radius 2 is 1.75 bits per heavy atom. The van der Waals surface area contributed by atoms with Crippen LogP contribution in [0.15, 0.2) is 78.9 Å². The summed E-state index contributed by atoms with van der Waals surface area (Å²) in [6.07, 6.45) is 8.55. The van der Waals surface area contributed by atoms with Gasteiger partial charge >= 0.3 is 0 Å². The van der Waals surface area contributed by atoms with Crippen LogP contribution in [0.25, 0.3) is 16.7 Å². The first-order valence-electron chi connectivity index (χ1n) is 11.6. The number of hydrogen-bond acceptors (Lipinski definition) is 2. The van der Waals surface area contributed by atoms with Gasteiger partial charge in [0.1, 0.15) is 12.1 Å². The fourth-order valence-corrected chi connectivity index (χ4v) is 4.62. The second-order valence-corrected chi connectivity index (χ2v) is 8.70. The summed E-state index contributed by atoms with van der Waals surface area (Å²) in [5.74, 6) is -0.655. The third-order valence-corrected chi connectivity index (χ3v) is 6.39. The minimum Gasteiger partial charge on any atom is -0.302 e. The van der Waals surface area contributed by atoms with Crippen molar-refractivity contribution in [3.63, 3.8) is 0 Å². The molecule has 0 N–H and O–H groups in total. The van der Waals surface area contributed by atoms with Gasteiger partial charge in [0.2, 0.25) is 0 Å². The predicted octanol–water partition coefficient (Wildman–Crippen LogP) is 7.10. The first kappa shape index (κ1) is 22.0. The van der Waals surface area contributed by atoms with Gasteiger partial charge < -0.3 is 4.79 Å². The average Bonchev–Trinajstić information content (AvgIpc) is 2.83. The maximum absolute atomic E-state index is 12.8. The SMILES string of the molecule is Cc1cccc(-c2ccc(C(C=O)C(=O)CCCCC3=CCCc4ccccc43)cc2)c1. The number of hydrogen-bond donors (Lipinski definition) is 0. The predicted molar refractivity (Wildman–Crippen MR) is 132 cm³/mol. The highest BCUT2D eigenvalue weighted by Gasteiger charge is 2.20. The Bertz CT molecular complexity index is 1120. The first-order chi connectivity index (χ1) is 15.7. The maximum Gasteiger partial charge on any atom is 0.147 e. The van der Waals surface area contributed by atoms with Gasteiger partial charge in [-0.25, -0.2) is 0 Å². The lowest BCUT2D eigenvalue weighted by atomic mass is 9.87. The number of carbonyl (C=O) groups is 2. The van der Waals surface area contributed by atoms with Crippen LogP contribution < -0.4 is 0 Å². The summed E-state index contributed by atoms with van der Waals surface area (Å²) >= 11 is 0. The van der Waals surface area contributed by atoms with Gasteiger partial charge in [0.05, 0.1) is 5.92 Å². The van der Waals surface area contributed by atoms with Crippen molar-refractivity contribution < 1.29 is 9.59 Å². The number of rotatable bonds is 9. The minimum absolute atomic E-state index is 0.0151. The highest BCUT2D eigenvalue weighted by atomic mass is 16.1. The number of allylic oxidation sites excluding steroid dienone is 2. The molecule has 2 heteroatoms. The Morgan fingerprint density at radius 1 is 0.938 bits per heavy atom. The molecule has 0 saturated heterocycles. The molecule has 0 saturated carbocycles. The van der Waals surface area contributed by atoms with E-state index in [0.717, 1.165) is 55.1 Å². The van der Waals surface area contributed by atoms with Gasteiger partial charge in [0, 0.05) is 6.42 Å². The second-order valence-electron chi connectivity index (χ2n) is 8.70. The molecule has 162 valence electrons. The van der Waals surface area contributed by atoms with E-state index in [4.69, 9.17) is 0 Å². The van der Waals surface area contributed by atoms with Crippen molar-refractivity contribution in [1.29, 1.82) is 0 Å². The summed E-state index contributed by atoms with van der Waals surface area (Å²) in [6, 6.07) is 24.8. The standard InChI is InChI=1S/C30H30O2/c1-22-8-6-13-27(20-22)23-16-18-26(19-17-23)29(21-31)30(32)15-5-3-10-25-12-7-11-24-9-2-4-14-28(24)25/h2,4,6,8-9,12-14,16-21,29H,3,5,7,10-11,15H2,1H3. The Labute approximate surface area is 191 Å². The van der Waals surface area contributed by atoms with E-state index >= 15 is 0 Å². The molecule has 0 amide bonds. The molecule has 3 aromatic rings. The molecule has 0 bridgehead atoms. The molecule has 0 heterocycles. The zero-order valence-electron chi connectivity index (χ0n) is 18.7. The van der Waals surface area contributed by atoms with E-state index in [1.165, 1.54) is 22.3 Å². The number of fused-ring (bicyclic) bond motifs is 1. The van der Waals surface area contributed by atoms with E-state index in [-0.39, 0.29) is 5.78 Å². The monoisotopic (exact) mass is 422 g/mol. The number of unbranched alkanes of at least 4 members (excludes halogenated alkanes) is 1. The van der Waals surface area contributed by atoms with Gasteiger partial charge in [-0.2, -0.15) is 0 Å². The number of aldehydes is 1. The van der Waals surface area contributed by atoms with Gasteiger partial charge in [-0.15, -0.1) is 0 Å². The summed E-state index contributed by atoms with van der Waals surface area (Å²) in [4.78, 5) is 24.5. The number of Topliss-reactive ketones (excluding diaryl/α,β-unsaturated/α-hetero) is 1. The fraction of sp³-hybridized carbons (Fsp3) is 0.267. The van der Waals surface area contributed by atoms with Gasteiger partial charge in [-0.05, 0) is 72.4 Å². The van der Waals surface area contributed by atoms with Crippen LogP contribution in [0, 0.1) is 6.92 Å². The molecule has 1 unspecified atom stereocenters. The maximum atomic E-state index is 12.8. The van der Waals surface area contributed by atoms with Crippen LogP contribution in [-0.2, 0) is 16.0 Å². The molecule has 0 aliphatic heterocycles. The lowest BCUT2D eigenvalue weighted by Crippen LogP contribution is -2.13. The van der Waals surface area contributed by atoms with Crippen molar-refractivity contribution in [3.05, 3.63) is 101 Å². The van der Waals surface area contributed by atoms with E-state index < -0.39 is 5.92 Å². The lowest BCUT2D eigenvalue weighted by Gasteiger charge is -2.17. The summed E-state index contributed by atoms with van der Waals surface area (Å²) in [6.45, 7) is 2.07. The lowest BCUT2D eigenvalue weighted by molar-refractivity contribution is -0.124. The molecule has 0 fully saturated rings. The normalized spacial score (nSPS) is 13.7. The van der Waals surface area contributed by atoms with E-state index in [0.29, 0.717) is 6.42 Å². The fourth-order valence-electron chi connectivity index (χ4n) is 4.62. The molecule has 32 heavy (non-hydrogen) atoms. The van der Waals surface area contributed by atoms with Crippen LogP contribution in [0.5, 0.6) is 0 Å². The zero-order valence-corrected chi connectivity index (χ0v) is 18.7. The topological polar surface area (TPSA) is 34.1 Å². The van der Waals surface area contributed by atoms with E-state index in [1.807, 2.05) is 30.3 Å². The first-order valence-corrected chi connectivity index (χ1v) is 11.6. The molecular weight excluding hydrogens is 392 g/mol. The number of carbonyl (C=O) groups excluding carboxylic acids is 2. The summed E-state index contributed by atoms with van der Waals surface area (Å²) < 4.78 is 0. The third-order valence-electron chi connectivity index (χ3n) is 6.39. The van der Waals surface area contributed by atoms with Crippen LogP contribution in [0.4, 0.5) is 0 Å². The van der Waals surface area contributed by atoms with E-state index in [1.54, 1.807) is 0 Å². The molecule has 0 aromatic heterocycles. The summed E-state index contributed by atoms with van der Waals surface area (Å²) in [5, 5.41) is 0. The average molecular weight is 423 g/mol. The molecule has 4 rings (SSSR count). The molecule has 1 aliphatic carbocycles. The number of benzene rings is 3. The smallest absolute Gasteiger partial charge is 0.147 e. The highest BCUT2D eigenvalue weighted by Crippen LogP contribution is 2.30. The van der Waals surface area contributed by atoms with Gasteiger partial charge in [0.15, 0.2) is 0 Å². The van der Waals surface area contributed by atoms with Crippen molar-refractivity contribution in [2.24, 2.45) is 0 Å². The Hall–Kier alpha value is -3.26. The van der Waals surface area contributed by atoms with Crippen molar-refractivity contribution in [3.8, 4) is 11.1 Å². The molecule has 0 radical (unpaired) electrons. The van der Waals surface area contributed by atoms with Gasteiger partial charge in [-0.1, -0.05) is 84.4 Å². The van der Waals surface area contributed by atoms with Gasteiger partial charge in [-0.3, -0.25) is 4.79 Å². The van der Waals surface area contributed by atoms with Gasteiger partial charge in [0.25, 0.3) is 0 Å². The zero-order chi connectivity index (χ0) is 22.3. The second kappa shape index (κ2) is 10.4. The molecule has 1 atom stereocenters. The van der Waals surface area contributed by atoms with E-state index in [9.17, 15) is 9.59 Å². The van der Waals surface area contributed by atoms with E-state index in [2.05, 4.69) is 55.5 Å². The van der Waals surface area contributed by atoms with Crippen LogP contribution >= 0.6 is 0 Å². The van der Waals surface area contributed by atoms with Crippen molar-refractivity contribution >= 4 is 17.6 Å². The quantitative estimate of drug-likeness (QED) is 0.209. The largest absolute Gasteiger partial charge is 0.302 e. The van der Waals surface area contributed by atoms with Crippen LogP contribution in [0.1, 0.15) is 60.3 Å². The van der Waals surface area contributed by atoms with Crippen molar-refractivity contribution in [2.75, 3.05) is 0 Å². The number of ketones is 1. The summed E-state index contributed by atoms with van der Waals surface area (Å²) in [5.41, 5.74) is 8.42. The highest BCUT2D eigenvalue weighted by molar-refractivity contribution is 5.99. The number of aryl methyl sites for hydroxylation is 2. The molecule has 2 nitrogen and oxygen atoms in total. The van der Waals surface area contributed by atoms with Crippen LogP contribution in [0.2, 0.25) is 0 Å².